The molecule has 4 heteroatoms. The standard InChI is InChI=1S/C15H28N4/c1-13(2)18(3)11-9-16-12-14-8-10-19(17-14)15-6-4-5-7-15/h8,10,13,15-16H,4-7,9,11-12H2,1-3H3. The first kappa shape index (κ1) is 14.5. The summed E-state index contributed by atoms with van der Waals surface area (Å²) in [4.78, 5) is 2.35. The van der Waals surface area contributed by atoms with Gasteiger partial charge in [-0.05, 0) is 39.8 Å². The second kappa shape index (κ2) is 7.06. The molecule has 1 fully saturated rings. The average Bonchev–Trinajstić information content (AvgIpc) is 3.04. The quantitative estimate of drug-likeness (QED) is 0.768. The summed E-state index contributed by atoms with van der Waals surface area (Å²) in [6, 6.07) is 3.42. The predicted molar refractivity (Wildman–Crippen MR) is 79.2 cm³/mol. The van der Waals surface area contributed by atoms with Crippen LogP contribution < -0.4 is 5.32 Å². The fraction of sp³-hybridized carbons (Fsp3) is 0.800. The molecular formula is C15H28N4. The Morgan fingerprint density at radius 1 is 1.42 bits per heavy atom. The van der Waals surface area contributed by atoms with Crippen LogP contribution in [0.15, 0.2) is 12.3 Å². The maximum Gasteiger partial charge on any atom is 0.0762 e. The van der Waals surface area contributed by atoms with Crippen molar-refractivity contribution in [3.63, 3.8) is 0 Å². The van der Waals surface area contributed by atoms with Crippen LogP contribution in [0.2, 0.25) is 0 Å². The molecule has 0 spiro atoms. The number of nitrogens with zero attached hydrogens (tertiary/aromatic N) is 3. The summed E-state index contributed by atoms with van der Waals surface area (Å²) >= 11 is 0. The molecule has 0 bridgehead atoms. The second-order valence-corrected chi connectivity index (χ2v) is 5.98. The highest BCUT2D eigenvalue weighted by Crippen LogP contribution is 2.28. The first-order valence-corrected chi connectivity index (χ1v) is 7.62. The monoisotopic (exact) mass is 264 g/mol. The third-order valence-electron chi connectivity index (χ3n) is 4.19. The van der Waals surface area contributed by atoms with Gasteiger partial charge in [-0.1, -0.05) is 12.8 Å². The minimum absolute atomic E-state index is 0.614. The lowest BCUT2D eigenvalue weighted by molar-refractivity contribution is 0.273. The molecule has 2 rings (SSSR count). The van der Waals surface area contributed by atoms with Crippen LogP contribution in [0.4, 0.5) is 0 Å². The second-order valence-electron chi connectivity index (χ2n) is 5.98. The van der Waals surface area contributed by atoms with Crippen molar-refractivity contribution in [3.05, 3.63) is 18.0 Å². The van der Waals surface area contributed by atoms with E-state index in [0.717, 1.165) is 19.6 Å². The van der Waals surface area contributed by atoms with Gasteiger partial charge < -0.3 is 10.2 Å². The van der Waals surface area contributed by atoms with Crippen molar-refractivity contribution in [2.75, 3.05) is 20.1 Å². The largest absolute Gasteiger partial charge is 0.310 e. The first-order chi connectivity index (χ1) is 9.16. The van der Waals surface area contributed by atoms with Crippen molar-refractivity contribution in [1.82, 2.24) is 20.0 Å². The summed E-state index contributed by atoms with van der Waals surface area (Å²) in [5, 5.41) is 8.16. The molecule has 108 valence electrons. The zero-order valence-corrected chi connectivity index (χ0v) is 12.6. The van der Waals surface area contributed by atoms with Gasteiger partial charge in [-0.3, -0.25) is 4.68 Å². The molecule has 1 aliphatic carbocycles. The van der Waals surface area contributed by atoms with Crippen LogP contribution in [0.1, 0.15) is 51.3 Å². The van der Waals surface area contributed by atoms with Gasteiger partial charge in [-0.2, -0.15) is 5.10 Å². The molecule has 0 aliphatic heterocycles. The third kappa shape index (κ3) is 4.32. The van der Waals surface area contributed by atoms with Crippen LogP contribution in [0.5, 0.6) is 0 Å². The van der Waals surface area contributed by atoms with Crippen molar-refractivity contribution in [1.29, 1.82) is 0 Å². The van der Waals surface area contributed by atoms with Gasteiger partial charge in [0.1, 0.15) is 0 Å². The lowest BCUT2D eigenvalue weighted by Gasteiger charge is -2.20. The summed E-state index contributed by atoms with van der Waals surface area (Å²) in [5.41, 5.74) is 1.17. The van der Waals surface area contributed by atoms with E-state index in [1.165, 1.54) is 31.4 Å². The van der Waals surface area contributed by atoms with Gasteiger partial charge in [0.2, 0.25) is 0 Å². The molecule has 1 aliphatic rings. The highest BCUT2D eigenvalue weighted by atomic mass is 15.3. The molecule has 0 aromatic carbocycles. The molecule has 1 saturated carbocycles. The number of hydrogen-bond acceptors (Lipinski definition) is 3. The number of likely N-dealkylation sites (N-methyl/N-ethyl adjacent to an activating group) is 1. The van der Waals surface area contributed by atoms with Gasteiger partial charge in [0, 0.05) is 31.9 Å². The van der Waals surface area contributed by atoms with E-state index in [1.54, 1.807) is 0 Å². The van der Waals surface area contributed by atoms with Crippen molar-refractivity contribution >= 4 is 0 Å². The molecule has 1 heterocycles. The van der Waals surface area contributed by atoms with Crippen LogP contribution >= 0.6 is 0 Å². The van der Waals surface area contributed by atoms with Crippen LogP contribution in [0, 0.1) is 0 Å². The van der Waals surface area contributed by atoms with Crippen LogP contribution in [0.3, 0.4) is 0 Å². The van der Waals surface area contributed by atoms with E-state index in [2.05, 4.69) is 53.2 Å². The molecule has 4 nitrogen and oxygen atoms in total. The number of aromatic nitrogens is 2. The lowest BCUT2D eigenvalue weighted by Crippen LogP contribution is -2.33. The molecule has 1 aromatic rings. The number of nitrogens with one attached hydrogen (secondary N) is 1. The van der Waals surface area contributed by atoms with Gasteiger partial charge in [-0.15, -0.1) is 0 Å². The van der Waals surface area contributed by atoms with E-state index in [4.69, 9.17) is 0 Å². The third-order valence-corrected chi connectivity index (χ3v) is 4.19. The summed E-state index contributed by atoms with van der Waals surface area (Å²) in [5.74, 6) is 0. The molecule has 0 atom stereocenters. The van der Waals surface area contributed by atoms with E-state index in [-0.39, 0.29) is 0 Å². The van der Waals surface area contributed by atoms with E-state index >= 15 is 0 Å². The first-order valence-electron chi connectivity index (χ1n) is 7.62. The summed E-state index contributed by atoms with van der Waals surface area (Å²) < 4.78 is 2.17. The van der Waals surface area contributed by atoms with Gasteiger partial charge in [0.15, 0.2) is 0 Å². The molecule has 0 saturated heterocycles. The number of hydrogen-bond donors (Lipinski definition) is 1. The van der Waals surface area contributed by atoms with Gasteiger partial charge in [-0.25, -0.2) is 0 Å². The van der Waals surface area contributed by atoms with Crippen LogP contribution in [-0.4, -0.2) is 40.9 Å². The van der Waals surface area contributed by atoms with Crippen LogP contribution in [0.25, 0.3) is 0 Å². The topological polar surface area (TPSA) is 33.1 Å². The molecular weight excluding hydrogens is 236 g/mol. The lowest BCUT2D eigenvalue weighted by atomic mass is 10.3. The Kier molecular flexibility index (Phi) is 5.40. The summed E-state index contributed by atoms with van der Waals surface area (Å²) in [6.45, 7) is 7.43. The fourth-order valence-electron chi connectivity index (χ4n) is 2.57. The minimum Gasteiger partial charge on any atom is -0.310 e. The van der Waals surface area contributed by atoms with Crippen molar-refractivity contribution < 1.29 is 0 Å². The Hall–Kier alpha value is -0.870. The van der Waals surface area contributed by atoms with Gasteiger partial charge >= 0.3 is 0 Å². The van der Waals surface area contributed by atoms with E-state index in [9.17, 15) is 0 Å². The Morgan fingerprint density at radius 2 is 2.16 bits per heavy atom. The van der Waals surface area contributed by atoms with Gasteiger partial charge in [0.05, 0.1) is 11.7 Å². The maximum absolute atomic E-state index is 4.68. The summed E-state index contributed by atoms with van der Waals surface area (Å²) in [6.07, 6.45) is 7.47. The molecule has 1 aromatic heterocycles. The Bertz CT molecular complexity index is 366. The average molecular weight is 264 g/mol. The van der Waals surface area contributed by atoms with E-state index in [1.807, 2.05) is 0 Å². The molecule has 19 heavy (non-hydrogen) atoms. The molecule has 1 N–H and O–H groups in total. The van der Waals surface area contributed by atoms with Gasteiger partial charge in [0.25, 0.3) is 0 Å². The summed E-state index contributed by atoms with van der Waals surface area (Å²) in [7, 11) is 2.17. The SMILES string of the molecule is CC(C)N(C)CCNCc1ccn(C2CCCC2)n1. The van der Waals surface area contributed by atoms with Crippen molar-refractivity contribution in [3.8, 4) is 0 Å². The molecule has 0 amide bonds. The highest BCUT2D eigenvalue weighted by molar-refractivity contribution is 4.99. The Labute approximate surface area is 117 Å². The fourth-order valence-corrected chi connectivity index (χ4v) is 2.57. The van der Waals surface area contributed by atoms with E-state index in [0.29, 0.717) is 12.1 Å². The Morgan fingerprint density at radius 3 is 2.84 bits per heavy atom. The smallest absolute Gasteiger partial charge is 0.0762 e. The Balaban J connectivity index is 1.68. The zero-order chi connectivity index (χ0) is 13.7. The zero-order valence-electron chi connectivity index (χ0n) is 12.6. The maximum atomic E-state index is 4.68. The normalized spacial score (nSPS) is 16.9. The molecule has 0 unspecified atom stereocenters. The van der Waals surface area contributed by atoms with Crippen LogP contribution in [-0.2, 0) is 6.54 Å². The van der Waals surface area contributed by atoms with Crippen molar-refractivity contribution in [2.24, 2.45) is 0 Å². The minimum atomic E-state index is 0.614. The molecule has 0 radical (unpaired) electrons. The predicted octanol–water partition coefficient (Wildman–Crippen LogP) is 2.43. The highest BCUT2D eigenvalue weighted by Gasteiger charge is 2.17. The van der Waals surface area contributed by atoms with Crippen molar-refractivity contribution in [2.45, 2.75) is 58.2 Å². The number of rotatable bonds is 7. The van der Waals surface area contributed by atoms with E-state index < -0.39 is 0 Å².